The fourth-order valence-corrected chi connectivity index (χ4v) is 2.09. The molecule has 0 aliphatic rings. The summed E-state index contributed by atoms with van der Waals surface area (Å²) >= 11 is 0. The van der Waals surface area contributed by atoms with Gasteiger partial charge in [0, 0.05) is 22.1 Å². The van der Waals surface area contributed by atoms with Crippen LogP contribution < -0.4 is 0 Å². The molecule has 0 spiro atoms. The molecule has 1 unspecified atom stereocenters. The van der Waals surface area contributed by atoms with E-state index in [1.165, 1.54) is 0 Å². The van der Waals surface area contributed by atoms with Gasteiger partial charge in [-0.05, 0) is 24.1 Å². The first-order valence-electron chi connectivity index (χ1n) is 4.29. The Morgan fingerprint density at radius 1 is 1.36 bits per heavy atom. The Bertz CT molecular complexity index is 346. The zero-order valence-corrected chi connectivity index (χ0v) is 8.48. The van der Waals surface area contributed by atoms with Crippen LogP contribution in [-0.2, 0) is 10.8 Å². The van der Waals surface area contributed by atoms with Crippen LogP contribution in [0.15, 0.2) is 40.3 Å². The van der Waals surface area contributed by atoms with Crippen LogP contribution in [-0.4, -0.2) is 16.5 Å². The van der Waals surface area contributed by atoms with Crippen molar-refractivity contribution in [2.24, 2.45) is 5.11 Å². The smallest absolute Gasteiger partial charge is 0.0529 e. The second-order valence-electron chi connectivity index (χ2n) is 2.67. The average Bonchev–Trinajstić information content (AvgIpc) is 2.25. The van der Waals surface area contributed by atoms with Gasteiger partial charge in [0.15, 0.2) is 0 Å². The van der Waals surface area contributed by atoms with Crippen LogP contribution >= 0.6 is 0 Å². The van der Waals surface area contributed by atoms with Crippen molar-refractivity contribution in [3.8, 4) is 0 Å². The molecule has 0 aliphatic heterocycles. The van der Waals surface area contributed by atoms with Gasteiger partial charge in [-0.3, -0.25) is 4.21 Å². The van der Waals surface area contributed by atoms with Crippen molar-refractivity contribution in [2.75, 3.05) is 12.3 Å². The van der Waals surface area contributed by atoms with Crippen molar-refractivity contribution < 1.29 is 4.21 Å². The van der Waals surface area contributed by atoms with Crippen LogP contribution in [0.5, 0.6) is 0 Å². The summed E-state index contributed by atoms with van der Waals surface area (Å²) in [6, 6.07) is 9.29. The Hall–Kier alpha value is -1.32. The van der Waals surface area contributed by atoms with E-state index in [4.69, 9.17) is 5.53 Å². The van der Waals surface area contributed by atoms with Gasteiger partial charge >= 0.3 is 0 Å². The fourth-order valence-electron chi connectivity index (χ4n) is 1.00. The molecular weight excluding hydrogens is 198 g/mol. The second-order valence-corrected chi connectivity index (χ2v) is 4.24. The van der Waals surface area contributed by atoms with E-state index in [-0.39, 0.29) is 0 Å². The van der Waals surface area contributed by atoms with Crippen molar-refractivity contribution >= 4 is 10.8 Å². The Morgan fingerprint density at radius 2 is 2.07 bits per heavy atom. The quantitative estimate of drug-likeness (QED) is 0.318. The molecule has 1 aromatic rings. The lowest BCUT2D eigenvalue weighted by Gasteiger charge is -1.99. The highest BCUT2D eigenvalue weighted by molar-refractivity contribution is 7.85. The predicted molar refractivity (Wildman–Crippen MR) is 56.3 cm³/mol. The standard InChI is InChI=1S/C9H11N3OS/c10-12-11-7-4-8-14(13)9-5-2-1-3-6-9/h1-3,5-6H,4,7-8H2. The summed E-state index contributed by atoms with van der Waals surface area (Å²) in [6.07, 6.45) is 0.658. The molecule has 74 valence electrons. The Balaban J connectivity index is 2.40. The van der Waals surface area contributed by atoms with Gasteiger partial charge in [0.1, 0.15) is 0 Å². The minimum atomic E-state index is -0.970. The first-order valence-corrected chi connectivity index (χ1v) is 5.61. The highest BCUT2D eigenvalue weighted by Crippen LogP contribution is 2.06. The topological polar surface area (TPSA) is 65.8 Å². The van der Waals surface area contributed by atoms with E-state index in [1.54, 1.807) is 0 Å². The van der Waals surface area contributed by atoms with Gasteiger partial charge in [-0.1, -0.05) is 23.3 Å². The number of azide groups is 1. The molecule has 0 saturated carbocycles. The maximum Gasteiger partial charge on any atom is 0.0529 e. The maximum atomic E-state index is 11.6. The van der Waals surface area contributed by atoms with Crippen molar-refractivity contribution in [2.45, 2.75) is 11.3 Å². The van der Waals surface area contributed by atoms with E-state index in [1.807, 2.05) is 30.3 Å². The third-order valence-corrected chi connectivity index (χ3v) is 3.11. The Labute approximate surface area is 85.0 Å². The van der Waals surface area contributed by atoms with Crippen molar-refractivity contribution in [3.05, 3.63) is 40.8 Å². The summed E-state index contributed by atoms with van der Waals surface area (Å²) in [5.74, 6) is 0.545. The van der Waals surface area contributed by atoms with E-state index in [9.17, 15) is 4.21 Å². The van der Waals surface area contributed by atoms with Crippen LogP contribution in [0.1, 0.15) is 6.42 Å². The summed E-state index contributed by atoms with van der Waals surface area (Å²) in [5.41, 5.74) is 8.03. The monoisotopic (exact) mass is 209 g/mol. The molecule has 0 aliphatic carbocycles. The van der Waals surface area contributed by atoms with Gasteiger partial charge in [0.05, 0.1) is 10.8 Å². The molecule has 0 N–H and O–H groups in total. The second kappa shape index (κ2) is 6.18. The Morgan fingerprint density at radius 3 is 2.71 bits per heavy atom. The van der Waals surface area contributed by atoms with Crippen LogP contribution in [0, 0.1) is 0 Å². The van der Waals surface area contributed by atoms with Crippen LogP contribution in [0.2, 0.25) is 0 Å². The van der Waals surface area contributed by atoms with Gasteiger partial charge in [0.25, 0.3) is 0 Å². The minimum Gasteiger partial charge on any atom is -0.254 e. The highest BCUT2D eigenvalue weighted by Gasteiger charge is 2.00. The summed E-state index contributed by atoms with van der Waals surface area (Å²) in [4.78, 5) is 3.46. The van der Waals surface area contributed by atoms with Gasteiger partial charge in [-0.15, -0.1) is 0 Å². The lowest BCUT2D eigenvalue weighted by Crippen LogP contribution is -1.99. The lowest BCUT2D eigenvalue weighted by molar-refractivity contribution is 0.680. The molecule has 0 heterocycles. The number of hydrogen-bond donors (Lipinski definition) is 0. The molecule has 14 heavy (non-hydrogen) atoms. The van der Waals surface area contributed by atoms with Gasteiger partial charge in [-0.2, -0.15) is 0 Å². The molecule has 0 saturated heterocycles. The first-order chi connectivity index (χ1) is 6.84. The van der Waals surface area contributed by atoms with Gasteiger partial charge < -0.3 is 0 Å². The predicted octanol–water partition coefficient (Wildman–Crippen LogP) is 2.49. The fraction of sp³-hybridized carbons (Fsp3) is 0.333. The Kier molecular flexibility index (Phi) is 4.75. The molecule has 1 rings (SSSR count). The number of hydrogen-bond acceptors (Lipinski definition) is 2. The van der Waals surface area contributed by atoms with Crippen LogP contribution in [0.25, 0.3) is 10.4 Å². The van der Waals surface area contributed by atoms with Crippen molar-refractivity contribution in [1.29, 1.82) is 0 Å². The molecule has 0 radical (unpaired) electrons. The first kappa shape index (κ1) is 10.8. The van der Waals surface area contributed by atoms with E-state index < -0.39 is 10.8 Å². The minimum absolute atomic E-state index is 0.412. The van der Waals surface area contributed by atoms with E-state index in [0.29, 0.717) is 18.7 Å². The third kappa shape index (κ3) is 3.60. The average molecular weight is 209 g/mol. The van der Waals surface area contributed by atoms with Crippen LogP contribution in [0.3, 0.4) is 0 Å². The third-order valence-electron chi connectivity index (χ3n) is 1.66. The summed E-state index contributed by atoms with van der Waals surface area (Å²) < 4.78 is 11.6. The largest absolute Gasteiger partial charge is 0.254 e. The van der Waals surface area contributed by atoms with E-state index in [0.717, 1.165) is 4.90 Å². The SMILES string of the molecule is [N-]=[N+]=NCCCS(=O)c1ccccc1. The van der Waals surface area contributed by atoms with E-state index in [2.05, 4.69) is 10.0 Å². The maximum absolute atomic E-state index is 11.6. The molecule has 0 aromatic heterocycles. The molecule has 1 aromatic carbocycles. The molecule has 1 atom stereocenters. The van der Waals surface area contributed by atoms with Crippen molar-refractivity contribution in [3.63, 3.8) is 0 Å². The summed E-state index contributed by atoms with van der Waals surface area (Å²) in [6.45, 7) is 0.412. The molecule has 0 amide bonds. The zero-order valence-electron chi connectivity index (χ0n) is 7.67. The zero-order chi connectivity index (χ0) is 10.2. The van der Waals surface area contributed by atoms with Gasteiger partial charge in [-0.25, -0.2) is 0 Å². The summed E-state index contributed by atoms with van der Waals surface area (Å²) in [5, 5.41) is 3.38. The molecule has 4 nitrogen and oxygen atoms in total. The number of rotatable bonds is 5. The molecule has 0 fully saturated rings. The molecular formula is C9H11N3OS. The molecule has 0 bridgehead atoms. The number of benzene rings is 1. The highest BCUT2D eigenvalue weighted by atomic mass is 32.2. The van der Waals surface area contributed by atoms with Crippen LogP contribution in [0.4, 0.5) is 0 Å². The van der Waals surface area contributed by atoms with Gasteiger partial charge in [0.2, 0.25) is 0 Å². The number of nitrogens with zero attached hydrogens (tertiary/aromatic N) is 3. The normalized spacial score (nSPS) is 11.7. The van der Waals surface area contributed by atoms with E-state index >= 15 is 0 Å². The molecule has 5 heteroatoms. The summed E-state index contributed by atoms with van der Waals surface area (Å²) in [7, 11) is -0.970. The lowest BCUT2D eigenvalue weighted by atomic mass is 10.4. The van der Waals surface area contributed by atoms with Crippen molar-refractivity contribution in [1.82, 2.24) is 0 Å².